The molecule has 1 atom stereocenters. The zero-order chi connectivity index (χ0) is 8.97. The summed E-state index contributed by atoms with van der Waals surface area (Å²) in [6, 6.07) is 1.54. The fourth-order valence-corrected chi connectivity index (χ4v) is 0.997. The number of rotatable bonds is 3. The highest BCUT2D eigenvalue weighted by molar-refractivity contribution is 5.46. The SMILES string of the molecule is COC[C@@H](N)c1cnccc1N. The van der Waals surface area contributed by atoms with Crippen molar-refractivity contribution >= 4 is 5.69 Å². The van der Waals surface area contributed by atoms with Crippen molar-refractivity contribution in [3.05, 3.63) is 24.0 Å². The van der Waals surface area contributed by atoms with E-state index in [1.165, 1.54) is 0 Å². The molecule has 4 heteroatoms. The monoisotopic (exact) mass is 167 g/mol. The first-order valence-electron chi connectivity index (χ1n) is 3.69. The zero-order valence-corrected chi connectivity index (χ0v) is 7.03. The fraction of sp³-hybridized carbons (Fsp3) is 0.375. The van der Waals surface area contributed by atoms with E-state index in [1.54, 1.807) is 25.6 Å². The van der Waals surface area contributed by atoms with Crippen LogP contribution in [0.2, 0.25) is 0 Å². The minimum atomic E-state index is -0.191. The molecule has 0 radical (unpaired) electrons. The normalized spacial score (nSPS) is 12.8. The summed E-state index contributed by atoms with van der Waals surface area (Å²) in [6.45, 7) is 0.454. The fourth-order valence-electron chi connectivity index (χ4n) is 0.997. The number of pyridine rings is 1. The van der Waals surface area contributed by atoms with Gasteiger partial charge in [0.25, 0.3) is 0 Å². The van der Waals surface area contributed by atoms with Gasteiger partial charge in [-0.2, -0.15) is 0 Å². The van der Waals surface area contributed by atoms with Gasteiger partial charge in [-0.25, -0.2) is 0 Å². The smallest absolute Gasteiger partial charge is 0.0656 e. The molecule has 0 saturated carbocycles. The number of hydrogen-bond donors (Lipinski definition) is 2. The average Bonchev–Trinajstić information content (AvgIpc) is 2.05. The predicted octanol–water partition coefficient (Wildman–Crippen LogP) is 0.310. The Hall–Kier alpha value is -1.13. The molecular formula is C8H13N3O. The Morgan fingerprint density at radius 2 is 2.42 bits per heavy atom. The van der Waals surface area contributed by atoms with E-state index in [9.17, 15) is 0 Å². The number of nitrogens with two attached hydrogens (primary N) is 2. The van der Waals surface area contributed by atoms with E-state index in [2.05, 4.69) is 4.98 Å². The molecule has 0 aliphatic carbocycles. The molecule has 1 aromatic heterocycles. The van der Waals surface area contributed by atoms with Gasteiger partial charge in [0, 0.05) is 30.8 Å². The second-order valence-corrected chi connectivity index (χ2v) is 2.57. The summed E-state index contributed by atoms with van der Waals surface area (Å²) < 4.78 is 4.90. The van der Waals surface area contributed by atoms with Gasteiger partial charge < -0.3 is 16.2 Å². The van der Waals surface area contributed by atoms with Gasteiger partial charge in [-0.05, 0) is 6.07 Å². The number of aromatic nitrogens is 1. The maximum absolute atomic E-state index is 5.76. The summed E-state index contributed by atoms with van der Waals surface area (Å²) in [5.74, 6) is 0. The summed E-state index contributed by atoms with van der Waals surface area (Å²) in [6.07, 6.45) is 3.30. The lowest BCUT2D eigenvalue weighted by molar-refractivity contribution is 0.181. The second-order valence-electron chi connectivity index (χ2n) is 2.57. The quantitative estimate of drug-likeness (QED) is 0.679. The van der Waals surface area contributed by atoms with E-state index in [-0.39, 0.29) is 6.04 Å². The zero-order valence-electron chi connectivity index (χ0n) is 7.03. The Balaban J connectivity index is 2.79. The van der Waals surface area contributed by atoms with E-state index in [1.807, 2.05) is 0 Å². The molecule has 1 rings (SSSR count). The maximum Gasteiger partial charge on any atom is 0.0656 e. The van der Waals surface area contributed by atoms with Crippen LogP contribution in [-0.2, 0) is 4.74 Å². The maximum atomic E-state index is 5.76. The number of methoxy groups -OCH3 is 1. The largest absolute Gasteiger partial charge is 0.398 e. The van der Waals surface area contributed by atoms with Crippen LogP contribution >= 0.6 is 0 Å². The molecule has 4 N–H and O–H groups in total. The molecule has 66 valence electrons. The van der Waals surface area contributed by atoms with Crippen LogP contribution in [0.15, 0.2) is 18.5 Å². The van der Waals surface area contributed by atoms with Crippen molar-refractivity contribution in [1.82, 2.24) is 4.98 Å². The van der Waals surface area contributed by atoms with Gasteiger partial charge in [-0.15, -0.1) is 0 Å². The topological polar surface area (TPSA) is 74.2 Å². The van der Waals surface area contributed by atoms with Crippen molar-refractivity contribution in [2.45, 2.75) is 6.04 Å². The molecule has 0 aliphatic heterocycles. The standard InChI is InChI=1S/C8H13N3O/c1-12-5-8(10)6-4-11-3-2-7(6)9/h2-4,8H,5,10H2,1H3,(H2,9,11)/t8-/m1/s1. The predicted molar refractivity (Wildman–Crippen MR) is 47.5 cm³/mol. The number of ether oxygens (including phenoxy) is 1. The first kappa shape index (κ1) is 8.96. The summed E-state index contributed by atoms with van der Waals surface area (Å²) in [5, 5.41) is 0. The lowest BCUT2D eigenvalue weighted by Gasteiger charge is -2.11. The van der Waals surface area contributed by atoms with Gasteiger partial charge >= 0.3 is 0 Å². The van der Waals surface area contributed by atoms with Crippen LogP contribution in [0.25, 0.3) is 0 Å². The molecule has 0 aliphatic rings. The minimum Gasteiger partial charge on any atom is -0.398 e. The van der Waals surface area contributed by atoms with Crippen molar-refractivity contribution in [2.75, 3.05) is 19.5 Å². The van der Waals surface area contributed by atoms with Gasteiger partial charge in [0.1, 0.15) is 0 Å². The lowest BCUT2D eigenvalue weighted by atomic mass is 10.1. The molecule has 0 unspecified atom stereocenters. The third-order valence-corrected chi connectivity index (χ3v) is 1.63. The van der Waals surface area contributed by atoms with Crippen molar-refractivity contribution < 1.29 is 4.74 Å². The Bertz CT molecular complexity index is 252. The molecule has 1 heterocycles. The summed E-state index contributed by atoms with van der Waals surface area (Å²) in [5.41, 5.74) is 12.9. The Morgan fingerprint density at radius 3 is 3.00 bits per heavy atom. The molecule has 0 spiro atoms. The van der Waals surface area contributed by atoms with Crippen LogP contribution in [0.3, 0.4) is 0 Å². The molecule has 4 nitrogen and oxygen atoms in total. The Kier molecular flexibility index (Phi) is 3.01. The van der Waals surface area contributed by atoms with Crippen LogP contribution in [-0.4, -0.2) is 18.7 Å². The van der Waals surface area contributed by atoms with Crippen molar-refractivity contribution in [1.29, 1.82) is 0 Å². The number of hydrogen-bond acceptors (Lipinski definition) is 4. The number of nitrogen functional groups attached to an aromatic ring is 1. The summed E-state index contributed by atoms with van der Waals surface area (Å²) in [4.78, 5) is 3.93. The molecule has 0 saturated heterocycles. The average molecular weight is 167 g/mol. The molecular weight excluding hydrogens is 154 g/mol. The molecule has 1 aromatic rings. The first-order valence-corrected chi connectivity index (χ1v) is 3.69. The van der Waals surface area contributed by atoms with E-state index >= 15 is 0 Å². The van der Waals surface area contributed by atoms with Gasteiger partial charge in [0.2, 0.25) is 0 Å². The highest BCUT2D eigenvalue weighted by Gasteiger charge is 2.08. The van der Waals surface area contributed by atoms with Gasteiger partial charge in [0.15, 0.2) is 0 Å². The number of anilines is 1. The van der Waals surface area contributed by atoms with Gasteiger partial charge in [-0.1, -0.05) is 0 Å². The molecule has 0 aromatic carbocycles. The molecule has 12 heavy (non-hydrogen) atoms. The van der Waals surface area contributed by atoms with Crippen molar-refractivity contribution in [3.8, 4) is 0 Å². The minimum absolute atomic E-state index is 0.191. The first-order chi connectivity index (χ1) is 5.75. The van der Waals surface area contributed by atoms with E-state index in [0.29, 0.717) is 12.3 Å². The Morgan fingerprint density at radius 1 is 1.67 bits per heavy atom. The van der Waals surface area contributed by atoms with Gasteiger partial charge in [-0.3, -0.25) is 4.98 Å². The third-order valence-electron chi connectivity index (χ3n) is 1.63. The summed E-state index contributed by atoms with van der Waals surface area (Å²) >= 11 is 0. The van der Waals surface area contributed by atoms with E-state index in [4.69, 9.17) is 16.2 Å². The van der Waals surface area contributed by atoms with Crippen LogP contribution in [0.5, 0.6) is 0 Å². The summed E-state index contributed by atoms with van der Waals surface area (Å²) in [7, 11) is 1.60. The van der Waals surface area contributed by atoms with Crippen molar-refractivity contribution in [2.24, 2.45) is 5.73 Å². The lowest BCUT2D eigenvalue weighted by Crippen LogP contribution is -2.17. The van der Waals surface area contributed by atoms with Crippen molar-refractivity contribution in [3.63, 3.8) is 0 Å². The van der Waals surface area contributed by atoms with Crippen LogP contribution < -0.4 is 11.5 Å². The number of nitrogens with zero attached hydrogens (tertiary/aromatic N) is 1. The van der Waals surface area contributed by atoms with Crippen LogP contribution in [0.1, 0.15) is 11.6 Å². The van der Waals surface area contributed by atoms with Gasteiger partial charge in [0.05, 0.1) is 12.6 Å². The van der Waals surface area contributed by atoms with E-state index in [0.717, 1.165) is 5.56 Å². The highest BCUT2D eigenvalue weighted by atomic mass is 16.5. The molecule has 0 amide bonds. The molecule has 0 bridgehead atoms. The van der Waals surface area contributed by atoms with E-state index < -0.39 is 0 Å². The molecule has 0 fully saturated rings. The Labute approximate surface area is 71.5 Å². The van der Waals surface area contributed by atoms with Crippen LogP contribution in [0.4, 0.5) is 5.69 Å². The third kappa shape index (κ3) is 1.93. The van der Waals surface area contributed by atoms with Crippen LogP contribution in [0, 0.1) is 0 Å². The second kappa shape index (κ2) is 4.04. The highest BCUT2D eigenvalue weighted by Crippen LogP contribution is 2.16.